The van der Waals surface area contributed by atoms with E-state index in [1.165, 1.54) is 0 Å². The number of nitrogens with one attached hydrogen (secondary N) is 1. The van der Waals surface area contributed by atoms with E-state index in [1.807, 2.05) is 61.5 Å². The third-order valence-electron chi connectivity index (χ3n) is 3.76. The van der Waals surface area contributed by atoms with Gasteiger partial charge >= 0.3 is 0 Å². The van der Waals surface area contributed by atoms with Gasteiger partial charge in [-0.25, -0.2) is 9.97 Å². The number of hydrogen-bond donors (Lipinski definition) is 2. The Bertz CT molecular complexity index is 882. The summed E-state index contributed by atoms with van der Waals surface area (Å²) in [5.41, 5.74) is 8.22. The number of carbonyl (C=O) groups excluding carboxylic acids is 1. The van der Waals surface area contributed by atoms with Gasteiger partial charge in [0.2, 0.25) is 5.95 Å². The second kappa shape index (κ2) is 7.44. The summed E-state index contributed by atoms with van der Waals surface area (Å²) in [7, 11) is 0. The van der Waals surface area contributed by atoms with Crippen molar-refractivity contribution >= 4 is 27.8 Å². The van der Waals surface area contributed by atoms with E-state index in [0.29, 0.717) is 11.6 Å². The predicted molar refractivity (Wildman–Crippen MR) is 102 cm³/mol. The van der Waals surface area contributed by atoms with Crippen LogP contribution >= 0.6 is 15.9 Å². The van der Waals surface area contributed by atoms with Crippen molar-refractivity contribution in [3.05, 3.63) is 76.4 Å². The maximum absolute atomic E-state index is 11.6. The minimum absolute atomic E-state index is 0.0119. The van der Waals surface area contributed by atoms with Crippen molar-refractivity contribution in [2.75, 3.05) is 5.32 Å². The molecule has 6 heteroatoms. The summed E-state index contributed by atoms with van der Waals surface area (Å²) < 4.78 is 0.969. The normalized spacial score (nSPS) is 11.8. The van der Waals surface area contributed by atoms with Gasteiger partial charge in [0, 0.05) is 10.0 Å². The standard InChI is InChI=1S/C19H17BrN4O/c1-12(13-5-3-2-4-6-13)22-19-23-16(11-17(24-19)18(21)25)14-7-9-15(20)10-8-14/h2-12H,1H3,(H2,21,25)(H,22,23,24)/t12-/m1/s1. The van der Waals surface area contributed by atoms with Crippen LogP contribution in [0.1, 0.15) is 29.0 Å². The lowest BCUT2D eigenvalue weighted by molar-refractivity contribution is 0.0995. The van der Waals surface area contributed by atoms with E-state index in [4.69, 9.17) is 5.73 Å². The Balaban J connectivity index is 1.96. The number of rotatable bonds is 5. The molecule has 0 aliphatic carbocycles. The van der Waals surface area contributed by atoms with Gasteiger partial charge in [0.05, 0.1) is 11.7 Å². The summed E-state index contributed by atoms with van der Waals surface area (Å²) in [5, 5.41) is 3.24. The first-order valence-corrected chi connectivity index (χ1v) is 8.58. The first-order valence-electron chi connectivity index (χ1n) is 7.79. The van der Waals surface area contributed by atoms with Crippen molar-refractivity contribution in [2.24, 2.45) is 5.73 Å². The molecule has 2 aromatic carbocycles. The molecule has 3 rings (SSSR count). The fraction of sp³-hybridized carbons (Fsp3) is 0.105. The molecule has 126 valence electrons. The lowest BCUT2D eigenvalue weighted by atomic mass is 10.1. The van der Waals surface area contributed by atoms with E-state index in [1.54, 1.807) is 6.07 Å². The summed E-state index contributed by atoms with van der Waals surface area (Å²) in [6, 6.07) is 19.2. The van der Waals surface area contributed by atoms with E-state index < -0.39 is 5.91 Å². The average molecular weight is 397 g/mol. The zero-order valence-corrected chi connectivity index (χ0v) is 15.2. The van der Waals surface area contributed by atoms with Gasteiger partial charge in [-0.05, 0) is 30.7 Å². The Kier molecular flexibility index (Phi) is 5.09. The highest BCUT2D eigenvalue weighted by atomic mass is 79.9. The van der Waals surface area contributed by atoms with Gasteiger partial charge in [-0.2, -0.15) is 0 Å². The van der Waals surface area contributed by atoms with E-state index in [-0.39, 0.29) is 11.7 Å². The average Bonchev–Trinajstić information content (AvgIpc) is 2.62. The molecule has 0 saturated carbocycles. The number of halogens is 1. The number of amides is 1. The Morgan fingerprint density at radius 3 is 2.40 bits per heavy atom. The first-order chi connectivity index (χ1) is 12.0. The van der Waals surface area contributed by atoms with Crippen molar-refractivity contribution in [2.45, 2.75) is 13.0 Å². The molecule has 3 N–H and O–H groups in total. The van der Waals surface area contributed by atoms with Crippen LogP contribution in [0.2, 0.25) is 0 Å². The number of nitrogens with two attached hydrogens (primary N) is 1. The number of aromatic nitrogens is 2. The molecule has 0 radical (unpaired) electrons. The molecule has 1 amide bonds. The molecular formula is C19H17BrN4O. The Morgan fingerprint density at radius 2 is 1.76 bits per heavy atom. The second-order valence-corrected chi connectivity index (χ2v) is 6.53. The van der Waals surface area contributed by atoms with Gasteiger partial charge in [0.1, 0.15) is 5.69 Å². The van der Waals surface area contributed by atoms with Gasteiger partial charge in [0.15, 0.2) is 0 Å². The fourth-order valence-electron chi connectivity index (χ4n) is 2.43. The van der Waals surface area contributed by atoms with Gasteiger partial charge in [-0.3, -0.25) is 4.79 Å². The predicted octanol–water partition coefficient (Wildman–Crippen LogP) is 4.18. The number of anilines is 1. The Hall–Kier alpha value is -2.73. The molecule has 0 saturated heterocycles. The number of hydrogen-bond acceptors (Lipinski definition) is 4. The van der Waals surface area contributed by atoms with Crippen LogP contribution in [0.15, 0.2) is 65.1 Å². The van der Waals surface area contributed by atoms with Crippen LogP contribution in [0.3, 0.4) is 0 Å². The van der Waals surface area contributed by atoms with Gasteiger partial charge in [0.25, 0.3) is 5.91 Å². The number of carbonyl (C=O) groups is 1. The minimum atomic E-state index is -0.587. The largest absolute Gasteiger partial charge is 0.364 e. The summed E-state index contributed by atoms with van der Waals surface area (Å²) >= 11 is 3.41. The third-order valence-corrected chi connectivity index (χ3v) is 4.29. The monoisotopic (exact) mass is 396 g/mol. The second-order valence-electron chi connectivity index (χ2n) is 5.61. The summed E-state index contributed by atoms with van der Waals surface area (Å²) in [5.74, 6) is -0.221. The van der Waals surface area contributed by atoms with Crippen molar-refractivity contribution in [1.29, 1.82) is 0 Å². The van der Waals surface area contributed by atoms with Crippen molar-refractivity contribution in [1.82, 2.24) is 9.97 Å². The van der Waals surface area contributed by atoms with Gasteiger partial charge in [-0.15, -0.1) is 0 Å². The lowest BCUT2D eigenvalue weighted by Gasteiger charge is -2.15. The van der Waals surface area contributed by atoms with Crippen LogP contribution in [-0.2, 0) is 0 Å². The maximum Gasteiger partial charge on any atom is 0.267 e. The highest BCUT2D eigenvalue weighted by Crippen LogP contribution is 2.23. The molecule has 25 heavy (non-hydrogen) atoms. The zero-order valence-electron chi connectivity index (χ0n) is 13.6. The molecular weight excluding hydrogens is 380 g/mol. The quantitative estimate of drug-likeness (QED) is 0.677. The van der Waals surface area contributed by atoms with Gasteiger partial charge < -0.3 is 11.1 Å². The van der Waals surface area contributed by atoms with Crippen LogP contribution in [0.25, 0.3) is 11.3 Å². The van der Waals surface area contributed by atoms with E-state index in [9.17, 15) is 4.79 Å². The lowest BCUT2D eigenvalue weighted by Crippen LogP contribution is -2.17. The van der Waals surface area contributed by atoms with Gasteiger partial charge in [-0.1, -0.05) is 58.4 Å². The molecule has 0 aliphatic heterocycles. The number of benzene rings is 2. The molecule has 1 atom stereocenters. The smallest absolute Gasteiger partial charge is 0.267 e. The Morgan fingerprint density at radius 1 is 1.08 bits per heavy atom. The van der Waals surface area contributed by atoms with E-state index in [0.717, 1.165) is 15.6 Å². The summed E-state index contributed by atoms with van der Waals surface area (Å²) in [6.45, 7) is 2.01. The highest BCUT2D eigenvalue weighted by Gasteiger charge is 2.13. The number of primary amides is 1. The van der Waals surface area contributed by atoms with Crippen LogP contribution in [0, 0.1) is 0 Å². The molecule has 1 aromatic heterocycles. The van der Waals surface area contributed by atoms with Crippen molar-refractivity contribution in [3.8, 4) is 11.3 Å². The molecule has 0 bridgehead atoms. The first kappa shape index (κ1) is 17.1. The van der Waals surface area contributed by atoms with Crippen LogP contribution in [0.5, 0.6) is 0 Å². The number of nitrogens with zero attached hydrogens (tertiary/aromatic N) is 2. The molecule has 3 aromatic rings. The molecule has 0 spiro atoms. The molecule has 1 heterocycles. The van der Waals surface area contributed by atoms with E-state index >= 15 is 0 Å². The molecule has 5 nitrogen and oxygen atoms in total. The summed E-state index contributed by atoms with van der Waals surface area (Å²) in [6.07, 6.45) is 0. The molecule has 0 unspecified atom stereocenters. The van der Waals surface area contributed by atoms with Crippen molar-refractivity contribution < 1.29 is 4.79 Å². The Labute approximate surface area is 154 Å². The highest BCUT2D eigenvalue weighted by molar-refractivity contribution is 9.10. The van der Waals surface area contributed by atoms with Crippen molar-refractivity contribution in [3.63, 3.8) is 0 Å². The molecule has 0 aliphatic rings. The SMILES string of the molecule is C[C@@H](Nc1nc(C(N)=O)cc(-c2ccc(Br)cc2)n1)c1ccccc1. The summed E-state index contributed by atoms with van der Waals surface area (Å²) in [4.78, 5) is 20.4. The maximum atomic E-state index is 11.6. The molecule has 0 fully saturated rings. The van der Waals surface area contributed by atoms with Crippen LogP contribution in [-0.4, -0.2) is 15.9 Å². The third kappa shape index (κ3) is 4.22. The topological polar surface area (TPSA) is 80.9 Å². The van der Waals surface area contributed by atoms with Crippen LogP contribution in [0.4, 0.5) is 5.95 Å². The minimum Gasteiger partial charge on any atom is -0.364 e. The zero-order chi connectivity index (χ0) is 17.8. The fourth-order valence-corrected chi connectivity index (χ4v) is 2.69. The van der Waals surface area contributed by atoms with Crippen LogP contribution < -0.4 is 11.1 Å². The van der Waals surface area contributed by atoms with E-state index in [2.05, 4.69) is 31.2 Å².